The van der Waals surface area contributed by atoms with Crippen LogP contribution >= 0.6 is 0 Å². The molecule has 1 rings (SSSR count). The Hall–Kier alpha value is -2.04. The number of allylic oxidation sites excluding steroid dienone is 1. The molecular weight excluding hydrogens is 276 g/mol. The zero-order valence-corrected chi connectivity index (χ0v) is 13.8. The van der Waals surface area contributed by atoms with Crippen LogP contribution in [0.3, 0.4) is 0 Å². The zero-order chi connectivity index (χ0) is 16.0. The van der Waals surface area contributed by atoms with Gasteiger partial charge in [-0.1, -0.05) is 12.5 Å². The Bertz CT molecular complexity index is 434. The summed E-state index contributed by atoms with van der Waals surface area (Å²) in [6.07, 6.45) is 10.1. The second kappa shape index (κ2) is 11.6. The largest absolute Gasteiger partial charge is 0.490 e. The molecule has 0 atom stereocenters. The van der Waals surface area contributed by atoms with Crippen molar-refractivity contribution in [2.24, 2.45) is 4.99 Å². The Morgan fingerprint density at radius 3 is 3.00 bits per heavy atom. The van der Waals surface area contributed by atoms with Crippen molar-refractivity contribution in [2.45, 2.75) is 25.7 Å². The lowest BCUT2D eigenvalue weighted by Gasteiger charge is -2.22. The average molecular weight is 304 g/mol. The molecule has 0 saturated carbocycles. The van der Waals surface area contributed by atoms with E-state index in [1.807, 2.05) is 18.2 Å². The van der Waals surface area contributed by atoms with Crippen molar-refractivity contribution in [1.82, 2.24) is 15.2 Å². The third-order valence-corrected chi connectivity index (χ3v) is 3.26. The molecule has 0 aromatic carbocycles. The Labute approximate surface area is 134 Å². The molecule has 0 aliphatic heterocycles. The van der Waals surface area contributed by atoms with Crippen molar-refractivity contribution < 1.29 is 4.74 Å². The molecule has 0 aliphatic rings. The van der Waals surface area contributed by atoms with Crippen molar-refractivity contribution in [3.63, 3.8) is 0 Å². The van der Waals surface area contributed by atoms with Crippen LogP contribution in [0.15, 0.2) is 42.2 Å². The van der Waals surface area contributed by atoms with Crippen molar-refractivity contribution >= 4 is 5.96 Å². The first-order valence-corrected chi connectivity index (χ1v) is 7.83. The maximum atomic E-state index is 5.60. The van der Waals surface area contributed by atoms with E-state index in [4.69, 9.17) is 4.74 Å². The first kappa shape index (κ1) is 18.0. The first-order valence-electron chi connectivity index (χ1n) is 7.83. The lowest BCUT2D eigenvalue weighted by Crippen LogP contribution is -2.41. The number of ether oxygens (including phenoxy) is 1. The van der Waals surface area contributed by atoms with Gasteiger partial charge in [-0.15, -0.1) is 6.58 Å². The van der Waals surface area contributed by atoms with Crippen LogP contribution in [0.1, 0.15) is 25.7 Å². The predicted octanol–water partition coefficient (Wildman–Crippen LogP) is 2.71. The van der Waals surface area contributed by atoms with E-state index in [0.717, 1.165) is 31.1 Å². The number of nitrogens with zero attached hydrogens (tertiary/aromatic N) is 3. The topological polar surface area (TPSA) is 49.8 Å². The second-order valence-corrected chi connectivity index (χ2v) is 5.07. The van der Waals surface area contributed by atoms with Crippen molar-refractivity contribution in [3.8, 4) is 5.75 Å². The number of aliphatic imine (C=N–C) groups is 1. The van der Waals surface area contributed by atoms with Gasteiger partial charge in [-0.05, 0) is 31.4 Å². The van der Waals surface area contributed by atoms with Crippen molar-refractivity contribution in [1.29, 1.82) is 0 Å². The predicted molar refractivity (Wildman–Crippen MR) is 92.4 cm³/mol. The van der Waals surface area contributed by atoms with E-state index in [-0.39, 0.29) is 0 Å². The number of hydrogen-bond donors (Lipinski definition) is 1. The fraction of sp³-hybridized carbons (Fsp3) is 0.529. The summed E-state index contributed by atoms with van der Waals surface area (Å²) in [5, 5.41) is 3.31. The van der Waals surface area contributed by atoms with Crippen LogP contribution < -0.4 is 10.1 Å². The quantitative estimate of drug-likeness (QED) is 0.312. The van der Waals surface area contributed by atoms with Crippen LogP contribution in [0, 0.1) is 0 Å². The molecule has 5 heteroatoms. The van der Waals surface area contributed by atoms with E-state index < -0.39 is 0 Å². The smallest absolute Gasteiger partial charge is 0.193 e. The van der Waals surface area contributed by atoms with Crippen molar-refractivity contribution in [2.75, 3.05) is 33.8 Å². The summed E-state index contributed by atoms with van der Waals surface area (Å²) in [6, 6.07) is 3.76. The molecular formula is C17H28N4O. The van der Waals surface area contributed by atoms with E-state index in [1.54, 1.807) is 19.4 Å². The monoisotopic (exact) mass is 304 g/mol. The average Bonchev–Trinajstić information content (AvgIpc) is 2.55. The first-order chi connectivity index (χ1) is 10.8. The Morgan fingerprint density at radius 1 is 1.45 bits per heavy atom. The fourth-order valence-electron chi connectivity index (χ4n) is 2.07. The van der Waals surface area contributed by atoms with Gasteiger partial charge in [0.05, 0.1) is 12.7 Å². The molecule has 0 radical (unpaired) electrons. The molecule has 1 N–H and O–H groups in total. The van der Waals surface area contributed by atoms with E-state index in [2.05, 4.69) is 33.8 Å². The Balaban J connectivity index is 2.16. The molecule has 0 bridgehead atoms. The molecule has 1 aromatic heterocycles. The minimum atomic E-state index is 0.581. The molecule has 122 valence electrons. The summed E-state index contributed by atoms with van der Waals surface area (Å²) in [4.78, 5) is 10.5. The van der Waals surface area contributed by atoms with Crippen LogP contribution in [0.25, 0.3) is 0 Å². The standard InChI is InChI=1S/C17H28N4O/c1-4-5-6-7-8-13-21(3)17(18-2)20-12-14-22-16-10-9-11-19-15-16/h4,9-11,15H,1,5-8,12-14H2,2-3H3,(H,18,20). The lowest BCUT2D eigenvalue weighted by atomic mass is 10.2. The third kappa shape index (κ3) is 7.67. The van der Waals surface area contributed by atoms with Gasteiger partial charge in [0, 0.05) is 26.8 Å². The van der Waals surface area contributed by atoms with E-state index >= 15 is 0 Å². The summed E-state index contributed by atoms with van der Waals surface area (Å²) in [6.45, 7) is 6.04. The molecule has 0 unspecified atom stereocenters. The van der Waals surface area contributed by atoms with E-state index in [1.165, 1.54) is 12.8 Å². The number of rotatable bonds is 10. The number of unbranched alkanes of at least 4 members (excludes halogenated alkanes) is 3. The highest BCUT2D eigenvalue weighted by molar-refractivity contribution is 5.79. The zero-order valence-electron chi connectivity index (χ0n) is 13.8. The van der Waals surface area contributed by atoms with E-state index in [0.29, 0.717) is 13.2 Å². The normalized spacial score (nSPS) is 11.1. The van der Waals surface area contributed by atoms with Gasteiger partial charge >= 0.3 is 0 Å². The molecule has 0 saturated heterocycles. The third-order valence-electron chi connectivity index (χ3n) is 3.26. The van der Waals surface area contributed by atoms with Gasteiger partial charge in [0.1, 0.15) is 12.4 Å². The maximum absolute atomic E-state index is 5.60. The minimum absolute atomic E-state index is 0.581. The number of hydrogen-bond acceptors (Lipinski definition) is 3. The summed E-state index contributed by atoms with van der Waals surface area (Å²) in [7, 11) is 3.86. The van der Waals surface area contributed by atoms with Crippen LogP contribution in [0.5, 0.6) is 5.75 Å². The SMILES string of the molecule is C=CCCCCCN(C)C(=NC)NCCOc1cccnc1. The number of pyridine rings is 1. The molecule has 1 heterocycles. The van der Waals surface area contributed by atoms with Gasteiger partial charge in [0.15, 0.2) is 5.96 Å². The number of aromatic nitrogens is 1. The van der Waals surface area contributed by atoms with Gasteiger partial charge in [0.2, 0.25) is 0 Å². The van der Waals surface area contributed by atoms with E-state index in [9.17, 15) is 0 Å². The molecule has 0 amide bonds. The summed E-state index contributed by atoms with van der Waals surface area (Å²) >= 11 is 0. The van der Waals surface area contributed by atoms with Gasteiger partial charge in [0.25, 0.3) is 0 Å². The van der Waals surface area contributed by atoms with Crippen molar-refractivity contribution in [3.05, 3.63) is 37.2 Å². The number of nitrogens with one attached hydrogen (secondary N) is 1. The molecule has 22 heavy (non-hydrogen) atoms. The minimum Gasteiger partial charge on any atom is -0.490 e. The highest BCUT2D eigenvalue weighted by atomic mass is 16.5. The fourth-order valence-corrected chi connectivity index (χ4v) is 2.07. The van der Waals surface area contributed by atoms with Crippen LogP contribution in [0.2, 0.25) is 0 Å². The molecule has 5 nitrogen and oxygen atoms in total. The lowest BCUT2D eigenvalue weighted by molar-refractivity contribution is 0.318. The number of guanidine groups is 1. The highest BCUT2D eigenvalue weighted by Crippen LogP contribution is 2.05. The van der Waals surface area contributed by atoms with Crippen LogP contribution in [-0.2, 0) is 0 Å². The maximum Gasteiger partial charge on any atom is 0.193 e. The summed E-state index contributed by atoms with van der Waals surface area (Å²) in [5.41, 5.74) is 0. The van der Waals surface area contributed by atoms with Crippen LogP contribution in [0.4, 0.5) is 0 Å². The molecule has 0 spiro atoms. The highest BCUT2D eigenvalue weighted by Gasteiger charge is 2.04. The van der Waals surface area contributed by atoms with Gasteiger partial charge in [-0.25, -0.2) is 0 Å². The summed E-state index contributed by atoms with van der Waals surface area (Å²) in [5.74, 6) is 1.69. The van der Waals surface area contributed by atoms with Crippen LogP contribution in [-0.4, -0.2) is 49.6 Å². The van der Waals surface area contributed by atoms with Gasteiger partial charge < -0.3 is 15.0 Å². The Morgan fingerprint density at radius 2 is 2.32 bits per heavy atom. The molecule has 0 fully saturated rings. The summed E-state index contributed by atoms with van der Waals surface area (Å²) < 4.78 is 5.60. The molecule has 0 aliphatic carbocycles. The Kier molecular flexibility index (Phi) is 9.50. The van der Waals surface area contributed by atoms with Gasteiger partial charge in [-0.3, -0.25) is 9.98 Å². The molecule has 1 aromatic rings. The van der Waals surface area contributed by atoms with Gasteiger partial charge in [-0.2, -0.15) is 0 Å². The second-order valence-electron chi connectivity index (χ2n) is 5.07.